The normalized spacial score (nSPS) is 22.2. The molecule has 0 radical (unpaired) electrons. The average molecular weight is 253 g/mol. The lowest BCUT2D eigenvalue weighted by atomic mass is 10.1. The minimum atomic E-state index is -0.989. The van der Waals surface area contributed by atoms with E-state index in [0.717, 1.165) is 6.42 Å². The maximum Gasteiger partial charge on any atom is 0.404 e. The number of fused-ring (bicyclic) bond motifs is 1. The van der Waals surface area contributed by atoms with Crippen molar-refractivity contribution in [1.29, 1.82) is 0 Å². The molecular formula is C12H15NO3S. The number of nitrogens with one attached hydrogen (secondary N) is 1. The first-order valence-electron chi connectivity index (χ1n) is 5.52. The van der Waals surface area contributed by atoms with Gasteiger partial charge in [0.05, 0.1) is 17.9 Å². The predicted octanol–water partition coefficient (Wildman–Crippen LogP) is 1.65. The number of thioether (sulfide) groups is 1. The summed E-state index contributed by atoms with van der Waals surface area (Å²) in [5.74, 6) is 0.622. The first-order valence-corrected chi connectivity index (χ1v) is 6.57. The molecule has 4 nitrogen and oxygen atoms in total. The highest BCUT2D eigenvalue weighted by Gasteiger charge is 2.33. The largest absolute Gasteiger partial charge is 0.465 e. The topological polar surface area (TPSA) is 69.6 Å². The fourth-order valence-electron chi connectivity index (χ4n) is 2.23. The second-order valence-electron chi connectivity index (χ2n) is 3.97. The van der Waals surface area contributed by atoms with Gasteiger partial charge < -0.3 is 15.5 Å². The highest BCUT2D eigenvalue weighted by Crippen LogP contribution is 2.41. The highest BCUT2D eigenvalue weighted by atomic mass is 32.2. The Bertz CT molecular complexity index is 410. The monoisotopic (exact) mass is 253 g/mol. The summed E-state index contributed by atoms with van der Waals surface area (Å²) < 4.78 is 0. The van der Waals surface area contributed by atoms with E-state index >= 15 is 0 Å². The molecule has 0 aromatic heterocycles. The number of benzene rings is 1. The predicted molar refractivity (Wildman–Crippen MR) is 67.4 cm³/mol. The molecule has 0 unspecified atom stereocenters. The molecular weight excluding hydrogens is 238 g/mol. The number of aliphatic hydroxyl groups excluding tert-OH is 1. The third-order valence-corrected chi connectivity index (χ3v) is 4.22. The number of hydrogen-bond donors (Lipinski definition) is 3. The van der Waals surface area contributed by atoms with E-state index in [1.807, 2.05) is 24.3 Å². The molecule has 1 aromatic rings. The number of carboxylic acid groups (broad SMARTS) is 1. The summed E-state index contributed by atoms with van der Waals surface area (Å²) in [4.78, 5) is 10.8. The van der Waals surface area contributed by atoms with E-state index in [1.165, 1.54) is 11.1 Å². The lowest BCUT2D eigenvalue weighted by Gasteiger charge is -2.19. The van der Waals surface area contributed by atoms with Crippen LogP contribution in [0.25, 0.3) is 0 Å². The van der Waals surface area contributed by atoms with Gasteiger partial charge in [-0.25, -0.2) is 4.79 Å². The smallest absolute Gasteiger partial charge is 0.404 e. The van der Waals surface area contributed by atoms with Gasteiger partial charge in [0.15, 0.2) is 0 Å². The van der Waals surface area contributed by atoms with Crippen molar-refractivity contribution in [2.24, 2.45) is 0 Å². The maximum absolute atomic E-state index is 10.8. The molecule has 0 spiro atoms. The molecule has 0 saturated heterocycles. The van der Waals surface area contributed by atoms with Gasteiger partial charge in [-0.05, 0) is 17.5 Å². The highest BCUT2D eigenvalue weighted by molar-refractivity contribution is 7.99. The molecule has 1 aromatic carbocycles. The molecule has 0 aliphatic heterocycles. The Kier molecular flexibility index (Phi) is 3.91. The van der Waals surface area contributed by atoms with Gasteiger partial charge >= 0.3 is 6.09 Å². The third kappa shape index (κ3) is 2.73. The van der Waals surface area contributed by atoms with Crippen molar-refractivity contribution in [3.8, 4) is 0 Å². The molecule has 0 heterocycles. The summed E-state index contributed by atoms with van der Waals surface area (Å²) in [5.41, 5.74) is 2.38. The van der Waals surface area contributed by atoms with Crippen LogP contribution in [-0.2, 0) is 6.42 Å². The molecule has 0 fully saturated rings. The van der Waals surface area contributed by atoms with Gasteiger partial charge in [-0.15, -0.1) is 11.8 Å². The molecule has 1 aliphatic carbocycles. The summed E-state index contributed by atoms with van der Waals surface area (Å²) in [6, 6.07) is 7.91. The van der Waals surface area contributed by atoms with Crippen molar-refractivity contribution < 1.29 is 15.0 Å². The van der Waals surface area contributed by atoms with E-state index in [-0.39, 0.29) is 17.9 Å². The minimum absolute atomic E-state index is 0.0959. The summed E-state index contributed by atoms with van der Waals surface area (Å²) >= 11 is 1.60. The Hall–Kier alpha value is -1.20. The average Bonchev–Trinajstić information content (AvgIpc) is 2.63. The zero-order valence-electron chi connectivity index (χ0n) is 9.30. The minimum Gasteiger partial charge on any atom is -0.465 e. The molecule has 3 N–H and O–H groups in total. The van der Waals surface area contributed by atoms with Crippen LogP contribution in [0.5, 0.6) is 0 Å². The van der Waals surface area contributed by atoms with Crippen molar-refractivity contribution >= 4 is 17.9 Å². The van der Waals surface area contributed by atoms with Gasteiger partial charge in [0.1, 0.15) is 0 Å². The molecule has 17 heavy (non-hydrogen) atoms. The standard InChI is InChI=1S/C12H15NO3S/c14-5-6-17-11-9-4-2-1-3-8(9)7-10(11)13-12(15)16/h1-4,10-11,13-14H,5-7H2,(H,15,16)/t10-,11+/m1/s1. The summed E-state index contributed by atoms with van der Waals surface area (Å²) in [7, 11) is 0. The second kappa shape index (κ2) is 5.42. The molecule has 2 rings (SSSR count). The Morgan fingerprint density at radius 3 is 2.94 bits per heavy atom. The lowest BCUT2D eigenvalue weighted by Crippen LogP contribution is -2.36. The van der Waals surface area contributed by atoms with Crippen molar-refractivity contribution in [3.05, 3.63) is 35.4 Å². The molecule has 5 heteroatoms. The van der Waals surface area contributed by atoms with Crippen LogP contribution in [0.2, 0.25) is 0 Å². The van der Waals surface area contributed by atoms with Gasteiger partial charge in [-0.3, -0.25) is 0 Å². The van der Waals surface area contributed by atoms with Crippen LogP contribution < -0.4 is 5.32 Å². The van der Waals surface area contributed by atoms with E-state index < -0.39 is 6.09 Å². The fourth-order valence-corrected chi connectivity index (χ4v) is 3.39. The molecule has 0 saturated carbocycles. The van der Waals surface area contributed by atoms with E-state index in [2.05, 4.69) is 5.32 Å². The first-order chi connectivity index (χ1) is 8.22. The van der Waals surface area contributed by atoms with Gasteiger partial charge in [0, 0.05) is 5.75 Å². The molecule has 92 valence electrons. The van der Waals surface area contributed by atoms with E-state index in [1.54, 1.807) is 11.8 Å². The summed E-state index contributed by atoms with van der Waals surface area (Å²) in [6.07, 6.45) is -0.261. The molecule has 0 bridgehead atoms. The van der Waals surface area contributed by atoms with Crippen LogP contribution in [0.3, 0.4) is 0 Å². The maximum atomic E-state index is 10.8. The van der Waals surface area contributed by atoms with Crippen LogP contribution in [-0.4, -0.2) is 34.7 Å². The van der Waals surface area contributed by atoms with Gasteiger partial charge in [0.25, 0.3) is 0 Å². The summed E-state index contributed by atoms with van der Waals surface area (Å²) in [6.45, 7) is 0.114. The Morgan fingerprint density at radius 1 is 1.47 bits per heavy atom. The van der Waals surface area contributed by atoms with E-state index in [4.69, 9.17) is 10.2 Å². The number of rotatable bonds is 4. The van der Waals surface area contributed by atoms with Crippen molar-refractivity contribution in [1.82, 2.24) is 5.32 Å². The lowest BCUT2D eigenvalue weighted by molar-refractivity contribution is 0.190. The zero-order chi connectivity index (χ0) is 12.3. The SMILES string of the molecule is O=C(O)N[C@@H]1Cc2ccccc2[C@@H]1SCCO. The number of aliphatic hydroxyl groups is 1. The third-order valence-electron chi connectivity index (χ3n) is 2.86. The second-order valence-corrected chi connectivity index (χ2v) is 5.22. The zero-order valence-corrected chi connectivity index (χ0v) is 10.1. The van der Waals surface area contributed by atoms with Crippen molar-refractivity contribution in [2.75, 3.05) is 12.4 Å². The Labute approximate surface area is 104 Å². The van der Waals surface area contributed by atoms with E-state index in [0.29, 0.717) is 5.75 Å². The van der Waals surface area contributed by atoms with Gasteiger partial charge in [0.2, 0.25) is 0 Å². The molecule has 2 atom stereocenters. The van der Waals surface area contributed by atoms with Crippen LogP contribution in [0, 0.1) is 0 Å². The van der Waals surface area contributed by atoms with E-state index in [9.17, 15) is 4.79 Å². The Balaban J connectivity index is 2.17. The Morgan fingerprint density at radius 2 is 2.24 bits per heavy atom. The van der Waals surface area contributed by atoms with Crippen LogP contribution in [0.15, 0.2) is 24.3 Å². The quantitative estimate of drug-likeness (QED) is 0.763. The van der Waals surface area contributed by atoms with Crippen LogP contribution >= 0.6 is 11.8 Å². The van der Waals surface area contributed by atoms with Gasteiger partial charge in [-0.2, -0.15) is 0 Å². The van der Waals surface area contributed by atoms with Crippen LogP contribution in [0.1, 0.15) is 16.4 Å². The molecule has 1 amide bonds. The number of amides is 1. The van der Waals surface area contributed by atoms with Crippen molar-refractivity contribution in [2.45, 2.75) is 17.7 Å². The number of hydrogen-bond acceptors (Lipinski definition) is 3. The van der Waals surface area contributed by atoms with Crippen LogP contribution in [0.4, 0.5) is 4.79 Å². The summed E-state index contributed by atoms with van der Waals surface area (Å²) in [5, 5.41) is 20.4. The first kappa shape index (κ1) is 12.3. The fraction of sp³-hybridized carbons (Fsp3) is 0.417. The van der Waals surface area contributed by atoms with Crippen molar-refractivity contribution in [3.63, 3.8) is 0 Å². The van der Waals surface area contributed by atoms with Gasteiger partial charge in [-0.1, -0.05) is 24.3 Å². The molecule has 1 aliphatic rings. The number of carbonyl (C=O) groups is 1.